The first-order chi connectivity index (χ1) is 19.9. The zero-order valence-electron chi connectivity index (χ0n) is 24.4. The van der Waals surface area contributed by atoms with E-state index in [0.29, 0.717) is 11.1 Å². The Bertz CT molecular complexity index is 1700. The second-order valence-electron chi connectivity index (χ2n) is 9.12. The van der Waals surface area contributed by atoms with E-state index >= 15 is 0 Å². The van der Waals surface area contributed by atoms with Gasteiger partial charge in [0.25, 0.3) is 5.56 Å². The standard InChI is InChI=1S/C32H28ClNO5/c1-20(35)24-11-9-23(10-12-24)16-30(37)29(15-22-7-5-4-6-8-22)34-19-31(39-3)28(18-32(34)38)27-17-25(33)13-14-26(27)21(2)36/h4-14,17-19,29H,15-16H2,1-3H3/t29-/m1/s1/i2D3. The Kier molecular flexibility index (Phi) is 7.35. The molecule has 0 saturated heterocycles. The van der Waals surface area contributed by atoms with Crippen molar-refractivity contribution >= 4 is 29.0 Å². The molecule has 1 atom stereocenters. The number of halogens is 1. The van der Waals surface area contributed by atoms with E-state index in [1.54, 1.807) is 24.3 Å². The number of methoxy groups -OCH3 is 1. The van der Waals surface area contributed by atoms with E-state index in [2.05, 4.69) is 0 Å². The van der Waals surface area contributed by atoms with E-state index in [4.69, 9.17) is 20.5 Å². The van der Waals surface area contributed by atoms with Crippen molar-refractivity contribution in [3.8, 4) is 16.9 Å². The molecule has 0 bridgehead atoms. The SMILES string of the molecule is [2H]C([2H])([2H])C(=O)c1ccc(Cl)cc1-c1cc(=O)n([C@H](Cc2ccccc2)C(=O)Cc2ccc(C(C)=O)cc2)cc1OC. The molecule has 1 aromatic heterocycles. The van der Waals surface area contributed by atoms with Crippen molar-refractivity contribution in [1.82, 2.24) is 4.57 Å². The lowest BCUT2D eigenvalue weighted by Gasteiger charge is -2.21. The Labute approximate surface area is 236 Å². The van der Waals surface area contributed by atoms with Gasteiger partial charge in [0.2, 0.25) is 0 Å². The van der Waals surface area contributed by atoms with Crippen LogP contribution in [0.5, 0.6) is 5.75 Å². The number of aromatic nitrogens is 1. The minimum Gasteiger partial charge on any atom is -0.495 e. The number of benzene rings is 3. The number of Topliss-reactive ketones (excluding diaryl/α,β-unsaturated/α-hetero) is 3. The lowest BCUT2D eigenvalue weighted by Crippen LogP contribution is -2.32. The third-order valence-electron chi connectivity index (χ3n) is 6.50. The maximum atomic E-state index is 13.7. The maximum Gasteiger partial charge on any atom is 0.252 e. The summed E-state index contributed by atoms with van der Waals surface area (Å²) in [6.45, 7) is -1.45. The summed E-state index contributed by atoms with van der Waals surface area (Å²) in [6.07, 6.45) is 1.62. The van der Waals surface area contributed by atoms with Crippen molar-refractivity contribution in [3.05, 3.63) is 123 Å². The molecule has 1 heterocycles. The molecule has 0 saturated carbocycles. The van der Waals surface area contributed by atoms with Gasteiger partial charge in [-0.15, -0.1) is 0 Å². The predicted octanol–water partition coefficient (Wildman–Crippen LogP) is 6.18. The van der Waals surface area contributed by atoms with Gasteiger partial charge in [-0.2, -0.15) is 0 Å². The van der Waals surface area contributed by atoms with Gasteiger partial charge in [0.05, 0.1) is 19.3 Å². The first-order valence-corrected chi connectivity index (χ1v) is 12.6. The van der Waals surface area contributed by atoms with Crippen LogP contribution in [0.3, 0.4) is 0 Å². The van der Waals surface area contributed by atoms with Crippen LogP contribution in [-0.4, -0.2) is 29.0 Å². The smallest absolute Gasteiger partial charge is 0.252 e. The number of carbonyl (C=O) groups excluding carboxylic acids is 3. The van der Waals surface area contributed by atoms with Gasteiger partial charge in [-0.1, -0.05) is 66.2 Å². The molecule has 4 rings (SSSR count). The van der Waals surface area contributed by atoms with Crippen LogP contribution in [0, 0.1) is 0 Å². The van der Waals surface area contributed by atoms with Crippen LogP contribution in [0.15, 0.2) is 89.9 Å². The molecule has 7 heteroatoms. The number of carbonyl (C=O) groups is 3. The summed E-state index contributed by atoms with van der Waals surface area (Å²) < 4.78 is 29.7. The fraction of sp³-hybridized carbons (Fsp3) is 0.188. The van der Waals surface area contributed by atoms with Gasteiger partial charge in [-0.05, 0) is 48.7 Å². The summed E-state index contributed by atoms with van der Waals surface area (Å²) in [6, 6.07) is 20.4. The topological polar surface area (TPSA) is 82.4 Å². The molecule has 39 heavy (non-hydrogen) atoms. The van der Waals surface area contributed by atoms with Gasteiger partial charge < -0.3 is 9.30 Å². The molecule has 3 aromatic carbocycles. The lowest BCUT2D eigenvalue weighted by atomic mass is 9.95. The molecular formula is C32H28ClNO5. The zero-order valence-corrected chi connectivity index (χ0v) is 22.2. The summed E-state index contributed by atoms with van der Waals surface area (Å²) in [5.74, 6) is -1.29. The number of ketones is 3. The molecule has 0 spiro atoms. The second-order valence-corrected chi connectivity index (χ2v) is 9.56. The molecule has 0 amide bonds. The Hall–Kier alpha value is -4.29. The molecule has 0 radical (unpaired) electrons. The van der Waals surface area contributed by atoms with Crippen molar-refractivity contribution in [2.24, 2.45) is 0 Å². The first-order valence-electron chi connectivity index (χ1n) is 13.7. The van der Waals surface area contributed by atoms with Gasteiger partial charge in [0.1, 0.15) is 5.75 Å². The number of ether oxygens (including phenoxy) is 1. The molecule has 0 aliphatic heterocycles. The molecule has 0 unspecified atom stereocenters. The van der Waals surface area contributed by atoms with Crippen LogP contribution in [0.25, 0.3) is 11.1 Å². The van der Waals surface area contributed by atoms with E-state index in [1.165, 1.54) is 49.1 Å². The van der Waals surface area contributed by atoms with Crippen molar-refractivity contribution in [3.63, 3.8) is 0 Å². The Morgan fingerprint density at radius 2 is 1.64 bits per heavy atom. The number of rotatable bonds is 10. The highest BCUT2D eigenvalue weighted by Crippen LogP contribution is 2.34. The summed E-state index contributed by atoms with van der Waals surface area (Å²) in [5.41, 5.74) is 1.64. The lowest BCUT2D eigenvalue weighted by molar-refractivity contribution is -0.121. The fourth-order valence-electron chi connectivity index (χ4n) is 4.46. The quantitative estimate of drug-likeness (QED) is 0.223. The molecule has 0 aliphatic rings. The monoisotopic (exact) mass is 544 g/mol. The van der Waals surface area contributed by atoms with E-state index in [0.717, 1.165) is 5.56 Å². The molecule has 198 valence electrons. The highest BCUT2D eigenvalue weighted by molar-refractivity contribution is 6.31. The van der Waals surface area contributed by atoms with E-state index < -0.39 is 24.2 Å². The molecule has 0 fully saturated rings. The van der Waals surface area contributed by atoms with Crippen LogP contribution < -0.4 is 10.3 Å². The number of nitrogens with zero attached hydrogens (tertiary/aromatic N) is 1. The third-order valence-corrected chi connectivity index (χ3v) is 6.73. The van der Waals surface area contributed by atoms with Crippen LogP contribution in [-0.2, 0) is 17.6 Å². The third kappa shape index (κ3) is 6.41. The van der Waals surface area contributed by atoms with E-state index in [-0.39, 0.29) is 51.9 Å². The highest BCUT2D eigenvalue weighted by Gasteiger charge is 2.25. The van der Waals surface area contributed by atoms with Crippen molar-refractivity contribution in [2.75, 3.05) is 7.11 Å². The van der Waals surface area contributed by atoms with Gasteiger partial charge in [-0.3, -0.25) is 19.2 Å². The number of pyridine rings is 1. The molecular weight excluding hydrogens is 514 g/mol. The Morgan fingerprint density at radius 3 is 2.28 bits per heavy atom. The molecule has 6 nitrogen and oxygen atoms in total. The minimum absolute atomic E-state index is 0.0116. The van der Waals surface area contributed by atoms with Crippen molar-refractivity contribution in [1.29, 1.82) is 0 Å². The van der Waals surface area contributed by atoms with Gasteiger partial charge in [0.15, 0.2) is 17.3 Å². The number of hydrogen-bond acceptors (Lipinski definition) is 5. The largest absolute Gasteiger partial charge is 0.495 e. The van der Waals surface area contributed by atoms with Crippen molar-refractivity contribution < 1.29 is 23.2 Å². The summed E-state index contributed by atoms with van der Waals surface area (Å²) in [5, 5.41) is 0.228. The Morgan fingerprint density at radius 1 is 0.923 bits per heavy atom. The Balaban J connectivity index is 1.81. The minimum atomic E-state index is -2.92. The number of hydrogen-bond donors (Lipinski definition) is 0. The fourth-order valence-corrected chi connectivity index (χ4v) is 4.64. The molecule has 0 N–H and O–H groups in total. The second kappa shape index (κ2) is 12.0. The van der Waals surface area contributed by atoms with E-state index in [9.17, 15) is 19.2 Å². The zero-order chi connectivity index (χ0) is 30.6. The summed E-state index contributed by atoms with van der Waals surface area (Å²) in [7, 11) is 1.37. The van der Waals surface area contributed by atoms with Crippen LogP contribution >= 0.6 is 11.6 Å². The van der Waals surface area contributed by atoms with Gasteiger partial charge in [-0.25, -0.2) is 0 Å². The van der Waals surface area contributed by atoms with E-state index in [1.807, 2.05) is 30.3 Å². The average molecular weight is 545 g/mol. The summed E-state index contributed by atoms with van der Waals surface area (Å²) >= 11 is 6.20. The van der Waals surface area contributed by atoms with Crippen molar-refractivity contribution in [2.45, 2.75) is 32.7 Å². The molecule has 0 aliphatic carbocycles. The predicted molar refractivity (Wildman–Crippen MR) is 152 cm³/mol. The van der Waals surface area contributed by atoms with Gasteiger partial charge >= 0.3 is 0 Å². The van der Waals surface area contributed by atoms with Crippen LogP contribution in [0.4, 0.5) is 0 Å². The summed E-state index contributed by atoms with van der Waals surface area (Å²) in [4.78, 5) is 51.8. The normalized spacial score (nSPS) is 13.1. The first kappa shape index (κ1) is 23.8. The maximum absolute atomic E-state index is 13.7. The molecule has 4 aromatic rings. The van der Waals surface area contributed by atoms with Gasteiger partial charge in [0, 0.05) is 44.7 Å². The van der Waals surface area contributed by atoms with Crippen LogP contribution in [0.2, 0.25) is 5.02 Å². The highest BCUT2D eigenvalue weighted by atomic mass is 35.5. The van der Waals surface area contributed by atoms with Crippen LogP contribution in [0.1, 0.15) is 55.8 Å². The average Bonchev–Trinajstić information content (AvgIpc) is 2.96.